The minimum Gasteiger partial charge on any atom is -0.362 e. The van der Waals surface area contributed by atoms with Crippen molar-refractivity contribution in [2.24, 2.45) is 0 Å². The Balaban J connectivity index is 2.13. The lowest BCUT2D eigenvalue weighted by Gasteiger charge is -2.16. The SMILES string of the molecule is C[C@@H](c1ccccc1)n1sc(Nc2ccccc2C(F)(F)F)c(C(=N)N(C)C)c1=O. The van der Waals surface area contributed by atoms with Gasteiger partial charge in [0, 0.05) is 14.1 Å². The summed E-state index contributed by atoms with van der Waals surface area (Å²) < 4.78 is 41.7. The highest BCUT2D eigenvalue weighted by molar-refractivity contribution is 7.11. The van der Waals surface area contributed by atoms with E-state index >= 15 is 0 Å². The summed E-state index contributed by atoms with van der Waals surface area (Å²) in [5.41, 5.74) is -0.521. The Kier molecular flexibility index (Phi) is 6.02. The fourth-order valence-electron chi connectivity index (χ4n) is 2.99. The maximum Gasteiger partial charge on any atom is 0.418 e. The molecule has 0 saturated carbocycles. The van der Waals surface area contributed by atoms with Gasteiger partial charge in [0.05, 0.1) is 17.3 Å². The van der Waals surface area contributed by atoms with Gasteiger partial charge in [-0.05, 0) is 36.2 Å². The Morgan fingerprint density at radius 2 is 1.70 bits per heavy atom. The predicted octanol–water partition coefficient (Wildman–Crippen LogP) is 5.17. The molecule has 0 saturated heterocycles. The Labute approximate surface area is 176 Å². The molecular weight excluding hydrogens is 413 g/mol. The average Bonchev–Trinajstić information content (AvgIpc) is 3.02. The Hall–Kier alpha value is -3.07. The highest BCUT2D eigenvalue weighted by atomic mass is 32.1. The summed E-state index contributed by atoms with van der Waals surface area (Å²) in [5.74, 6) is -0.0812. The van der Waals surface area contributed by atoms with E-state index in [1.165, 1.54) is 27.1 Å². The van der Waals surface area contributed by atoms with Crippen LogP contribution in [0.3, 0.4) is 0 Å². The number of alkyl halides is 3. The predicted molar refractivity (Wildman–Crippen MR) is 114 cm³/mol. The van der Waals surface area contributed by atoms with Gasteiger partial charge in [-0.1, -0.05) is 42.5 Å². The van der Waals surface area contributed by atoms with E-state index in [-0.39, 0.29) is 28.1 Å². The van der Waals surface area contributed by atoms with Crippen LogP contribution in [0.25, 0.3) is 0 Å². The fraction of sp³-hybridized carbons (Fsp3) is 0.238. The molecule has 3 aromatic rings. The molecule has 1 aromatic heterocycles. The van der Waals surface area contributed by atoms with E-state index in [0.29, 0.717) is 0 Å². The Bertz CT molecular complexity index is 1100. The van der Waals surface area contributed by atoms with Crippen molar-refractivity contribution in [2.45, 2.75) is 19.1 Å². The van der Waals surface area contributed by atoms with Crippen molar-refractivity contribution in [3.63, 3.8) is 0 Å². The molecule has 0 aliphatic heterocycles. The third kappa shape index (κ3) is 4.25. The van der Waals surface area contributed by atoms with Crippen LogP contribution in [0.1, 0.15) is 29.7 Å². The summed E-state index contributed by atoms with van der Waals surface area (Å²) in [7, 11) is 3.22. The molecule has 1 atom stereocenters. The largest absolute Gasteiger partial charge is 0.418 e. The van der Waals surface area contributed by atoms with Crippen molar-refractivity contribution < 1.29 is 13.2 Å². The van der Waals surface area contributed by atoms with Crippen molar-refractivity contribution in [3.05, 3.63) is 81.6 Å². The molecule has 0 unspecified atom stereocenters. The van der Waals surface area contributed by atoms with Crippen LogP contribution in [-0.4, -0.2) is 28.8 Å². The van der Waals surface area contributed by atoms with Crippen LogP contribution in [0.2, 0.25) is 0 Å². The number of hydrogen-bond acceptors (Lipinski definition) is 4. The van der Waals surface area contributed by atoms with E-state index in [4.69, 9.17) is 5.41 Å². The van der Waals surface area contributed by atoms with Gasteiger partial charge in [0.2, 0.25) is 0 Å². The zero-order valence-corrected chi connectivity index (χ0v) is 17.4. The summed E-state index contributed by atoms with van der Waals surface area (Å²) in [6.07, 6.45) is -4.55. The van der Waals surface area contributed by atoms with Gasteiger partial charge in [0.15, 0.2) is 0 Å². The number of rotatable bonds is 5. The lowest BCUT2D eigenvalue weighted by Crippen LogP contribution is -2.30. The van der Waals surface area contributed by atoms with Gasteiger partial charge in [-0.3, -0.25) is 14.2 Å². The highest BCUT2D eigenvalue weighted by Gasteiger charge is 2.34. The van der Waals surface area contributed by atoms with Gasteiger partial charge >= 0.3 is 6.18 Å². The van der Waals surface area contributed by atoms with E-state index in [0.717, 1.165) is 23.2 Å². The lowest BCUT2D eigenvalue weighted by molar-refractivity contribution is -0.136. The number of halogens is 3. The van der Waals surface area contributed by atoms with Gasteiger partial charge < -0.3 is 10.2 Å². The maximum absolute atomic E-state index is 13.4. The molecule has 0 amide bonds. The van der Waals surface area contributed by atoms with Crippen LogP contribution >= 0.6 is 11.5 Å². The summed E-state index contributed by atoms with van der Waals surface area (Å²) in [5, 5.41) is 11.3. The molecule has 9 heteroatoms. The van der Waals surface area contributed by atoms with Crippen LogP contribution in [0.5, 0.6) is 0 Å². The summed E-state index contributed by atoms with van der Waals surface area (Å²) in [4.78, 5) is 14.6. The van der Waals surface area contributed by atoms with Crippen LogP contribution in [0.4, 0.5) is 23.9 Å². The number of aromatic nitrogens is 1. The van der Waals surface area contributed by atoms with Crippen molar-refractivity contribution in [2.75, 3.05) is 19.4 Å². The standard InChI is InChI=1S/C21H21F3N4OS/c1-13(14-9-5-4-6-10-14)28-20(29)17(18(25)27(2)3)19(30-28)26-16-12-8-7-11-15(16)21(22,23)24/h4-13,25-26H,1-3H3/t13-/m0/s1. The maximum atomic E-state index is 13.4. The van der Waals surface area contributed by atoms with E-state index < -0.39 is 17.3 Å². The molecule has 3 rings (SSSR count). The first-order valence-corrected chi connectivity index (χ1v) is 9.89. The second-order valence-corrected chi connectivity index (χ2v) is 7.91. The zero-order chi connectivity index (χ0) is 22.1. The van der Waals surface area contributed by atoms with Gasteiger partial charge in [0.1, 0.15) is 16.4 Å². The molecule has 30 heavy (non-hydrogen) atoms. The second-order valence-electron chi connectivity index (χ2n) is 6.92. The third-order valence-corrected chi connectivity index (χ3v) is 5.80. The minimum absolute atomic E-state index is 0.0322. The molecule has 0 aliphatic rings. The molecule has 5 nitrogen and oxygen atoms in total. The smallest absolute Gasteiger partial charge is 0.362 e. The minimum atomic E-state index is -4.55. The highest BCUT2D eigenvalue weighted by Crippen LogP contribution is 2.37. The van der Waals surface area contributed by atoms with Crippen molar-refractivity contribution in [1.29, 1.82) is 5.41 Å². The third-order valence-electron chi connectivity index (χ3n) is 4.63. The molecule has 2 N–H and O–H groups in total. The monoisotopic (exact) mass is 434 g/mol. The number of benzene rings is 2. The van der Waals surface area contributed by atoms with Crippen LogP contribution in [0.15, 0.2) is 59.4 Å². The first-order valence-electron chi connectivity index (χ1n) is 9.11. The number of nitrogens with one attached hydrogen (secondary N) is 2. The van der Waals surface area contributed by atoms with E-state index in [9.17, 15) is 18.0 Å². The second kappa shape index (κ2) is 8.35. The molecular formula is C21H21F3N4OS. The lowest BCUT2D eigenvalue weighted by atomic mass is 10.1. The van der Waals surface area contributed by atoms with E-state index in [1.807, 2.05) is 37.3 Å². The summed E-state index contributed by atoms with van der Waals surface area (Å²) in [6.45, 7) is 1.84. The van der Waals surface area contributed by atoms with E-state index in [1.54, 1.807) is 14.1 Å². The molecule has 0 radical (unpaired) electrons. The average molecular weight is 434 g/mol. The van der Waals surface area contributed by atoms with Gasteiger partial charge in [-0.2, -0.15) is 13.2 Å². The van der Waals surface area contributed by atoms with E-state index in [2.05, 4.69) is 5.32 Å². The van der Waals surface area contributed by atoms with Crippen LogP contribution in [-0.2, 0) is 6.18 Å². The normalized spacial score (nSPS) is 12.5. The first kappa shape index (κ1) is 21.6. The first-order chi connectivity index (χ1) is 14.1. The number of nitrogens with zero attached hydrogens (tertiary/aromatic N) is 2. The van der Waals surface area contributed by atoms with Crippen molar-refractivity contribution >= 4 is 28.1 Å². The molecule has 2 aromatic carbocycles. The van der Waals surface area contributed by atoms with Gasteiger partial charge in [-0.15, -0.1) is 0 Å². The van der Waals surface area contributed by atoms with Gasteiger partial charge in [0.25, 0.3) is 5.56 Å². The quantitative estimate of drug-likeness (QED) is 0.430. The number of amidine groups is 1. The molecule has 0 spiro atoms. The molecule has 0 bridgehead atoms. The van der Waals surface area contributed by atoms with Gasteiger partial charge in [-0.25, -0.2) is 0 Å². The Morgan fingerprint density at radius 3 is 2.30 bits per heavy atom. The number of para-hydroxylation sites is 1. The van der Waals surface area contributed by atoms with Crippen molar-refractivity contribution in [3.8, 4) is 0 Å². The molecule has 158 valence electrons. The Morgan fingerprint density at radius 1 is 1.10 bits per heavy atom. The van der Waals surface area contributed by atoms with Crippen molar-refractivity contribution in [1.82, 2.24) is 8.86 Å². The van der Waals surface area contributed by atoms with Crippen LogP contribution in [0, 0.1) is 5.41 Å². The summed E-state index contributed by atoms with van der Waals surface area (Å²) in [6, 6.07) is 14.1. The van der Waals surface area contributed by atoms with Crippen LogP contribution < -0.4 is 10.9 Å². The number of anilines is 2. The summed E-state index contributed by atoms with van der Waals surface area (Å²) >= 11 is 1.01. The zero-order valence-electron chi connectivity index (χ0n) is 16.6. The number of hydrogen-bond donors (Lipinski definition) is 2. The molecule has 0 fully saturated rings. The molecule has 0 aliphatic carbocycles. The topological polar surface area (TPSA) is 61.1 Å². The fourth-order valence-corrected chi connectivity index (χ4v) is 4.08. The molecule has 1 heterocycles.